The fraction of sp³-hybridized carbons (Fsp3) is 0.462. The summed E-state index contributed by atoms with van der Waals surface area (Å²) in [6.07, 6.45) is 0. The highest BCUT2D eigenvalue weighted by Gasteiger charge is 2.03. The largest absolute Gasteiger partial charge is 0.490 e. The molecule has 0 saturated carbocycles. The second kappa shape index (κ2) is 8.77. The molecule has 4 nitrogen and oxygen atoms in total. The molecular weight excluding hydrogens is 267 g/mol. The zero-order valence-electron chi connectivity index (χ0n) is 11.1. The number of amidine groups is 1. The van der Waals surface area contributed by atoms with Crippen LogP contribution in [0.2, 0.25) is 0 Å². The molecule has 0 aliphatic carbocycles. The highest BCUT2D eigenvalue weighted by Crippen LogP contribution is 2.15. The molecule has 0 bridgehead atoms. The summed E-state index contributed by atoms with van der Waals surface area (Å²) in [5, 5.41) is 0.488. The fourth-order valence-corrected chi connectivity index (χ4v) is 2.02. The third kappa shape index (κ3) is 6.45. The second-order valence-electron chi connectivity index (χ2n) is 3.90. The first-order valence-electron chi connectivity index (χ1n) is 5.95. The molecule has 0 aliphatic rings. The van der Waals surface area contributed by atoms with Gasteiger partial charge in [0.25, 0.3) is 0 Å². The number of nitrogens with zero attached hydrogens (tertiary/aromatic N) is 1. The van der Waals surface area contributed by atoms with Crippen molar-refractivity contribution in [3.8, 4) is 5.75 Å². The number of rotatable bonds is 7. The van der Waals surface area contributed by atoms with Gasteiger partial charge in [-0.25, -0.2) is 4.39 Å². The maximum atomic E-state index is 13.2. The Morgan fingerprint density at radius 1 is 1.47 bits per heavy atom. The van der Waals surface area contributed by atoms with E-state index in [9.17, 15) is 4.39 Å². The molecule has 1 aromatic carbocycles. The molecule has 0 amide bonds. The van der Waals surface area contributed by atoms with E-state index in [0.717, 1.165) is 0 Å². The van der Waals surface area contributed by atoms with E-state index >= 15 is 0 Å². The molecule has 0 fully saturated rings. The lowest BCUT2D eigenvalue weighted by Gasteiger charge is -2.08. The third-order valence-corrected chi connectivity index (χ3v) is 2.95. The number of methoxy groups -OCH3 is 1. The van der Waals surface area contributed by atoms with E-state index in [1.165, 1.54) is 17.8 Å². The lowest BCUT2D eigenvalue weighted by Crippen LogP contribution is -2.16. The molecule has 0 aliphatic heterocycles. The molecule has 0 heterocycles. The maximum absolute atomic E-state index is 13.2. The number of aliphatic imine (C=N–C) groups is 1. The van der Waals surface area contributed by atoms with Gasteiger partial charge in [-0.05, 0) is 19.1 Å². The third-order valence-electron chi connectivity index (χ3n) is 2.18. The number of benzene rings is 1. The summed E-state index contributed by atoms with van der Waals surface area (Å²) < 4.78 is 23.5. The van der Waals surface area contributed by atoms with Crippen LogP contribution >= 0.6 is 11.8 Å². The Labute approximate surface area is 117 Å². The molecule has 1 rings (SSSR count). The summed E-state index contributed by atoms with van der Waals surface area (Å²) in [4.78, 5) is 4.23. The first-order valence-corrected chi connectivity index (χ1v) is 6.94. The average Bonchev–Trinajstić information content (AvgIpc) is 2.36. The molecule has 1 aromatic rings. The lowest BCUT2D eigenvalue weighted by atomic mass is 10.3. The topological polar surface area (TPSA) is 56.8 Å². The van der Waals surface area contributed by atoms with E-state index in [1.54, 1.807) is 25.3 Å². The van der Waals surface area contributed by atoms with E-state index in [1.807, 2.05) is 6.92 Å². The van der Waals surface area contributed by atoms with E-state index in [2.05, 4.69) is 4.99 Å². The Balaban J connectivity index is 2.26. The van der Waals surface area contributed by atoms with Crippen molar-refractivity contribution in [2.24, 2.45) is 10.7 Å². The summed E-state index contributed by atoms with van der Waals surface area (Å²) in [5.41, 5.74) is 5.74. The van der Waals surface area contributed by atoms with Crippen LogP contribution in [0, 0.1) is 5.82 Å². The maximum Gasteiger partial charge on any atom is 0.165 e. The minimum absolute atomic E-state index is 0.0324. The number of para-hydroxylation sites is 1. The highest BCUT2D eigenvalue weighted by atomic mass is 32.2. The summed E-state index contributed by atoms with van der Waals surface area (Å²) in [6.45, 7) is 2.83. The Hall–Kier alpha value is -1.27. The van der Waals surface area contributed by atoms with Gasteiger partial charge >= 0.3 is 0 Å². The SMILES string of the molecule is COC[C@@H](C)N=C(N)SCCOc1ccccc1F. The van der Waals surface area contributed by atoms with E-state index in [-0.39, 0.29) is 17.6 Å². The summed E-state index contributed by atoms with van der Waals surface area (Å²) in [5.74, 6) is 0.512. The number of hydrogen-bond donors (Lipinski definition) is 1. The zero-order chi connectivity index (χ0) is 14.1. The van der Waals surface area contributed by atoms with Gasteiger partial charge in [0.2, 0.25) is 0 Å². The summed E-state index contributed by atoms with van der Waals surface area (Å²) in [6, 6.07) is 6.35. The van der Waals surface area contributed by atoms with Gasteiger partial charge in [-0.1, -0.05) is 23.9 Å². The molecular formula is C13H19FN2O2S. The molecule has 6 heteroatoms. The molecule has 0 aromatic heterocycles. The zero-order valence-corrected chi connectivity index (χ0v) is 12.0. The average molecular weight is 286 g/mol. The van der Waals surface area contributed by atoms with Gasteiger partial charge in [0.1, 0.15) is 0 Å². The monoisotopic (exact) mass is 286 g/mol. The molecule has 0 saturated heterocycles. The minimum atomic E-state index is -0.358. The fourth-order valence-electron chi connectivity index (χ4n) is 1.39. The molecule has 0 unspecified atom stereocenters. The lowest BCUT2D eigenvalue weighted by molar-refractivity contribution is 0.186. The summed E-state index contributed by atoms with van der Waals surface area (Å²) in [7, 11) is 1.62. The van der Waals surface area contributed by atoms with Crippen molar-refractivity contribution in [1.29, 1.82) is 0 Å². The molecule has 19 heavy (non-hydrogen) atoms. The minimum Gasteiger partial charge on any atom is -0.490 e. The van der Waals surface area contributed by atoms with Crippen LogP contribution in [0.3, 0.4) is 0 Å². The van der Waals surface area contributed by atoms with E-state index in [4.69, 9.17) is 15.2 Å². The van der Waals surface area contributed by atoms with Gasteiger partial charge < -0.3 is 15.2 Å². The van der Waals surface area contributed by atoms with Crippen LogP contribution in [0.1, 0.15) is 6.92 Å². The van der Waals surface area contributed by atoms with Crippen LogP contribution in [-0.4, -0.2) is 37.3 Å². The Kier molecular flexibility index (Phi) is 7.28. The summed E-state index contributed by atoms with van der Waals surface area (Å²) >= 11 is 1.38. The Morgan fingerprint density at radius 3 is 2.89 bits per heavy atom. The van der Waals surface area contributed by atoms with E-state index in [0.29, 0.717) is 24.1 Å². The van der Waals surface area contributed by atoms with Gasteiger partial charge in [-0.3, -0.25) is 4.99 Å². The number of thioether (sulfide) groups is 1. The predicted molar refractivity (Wildman–Crippen MR) is 77.3 cm³/mol. The molecule has 106 valence electrons. The molecule has 1 atom stereocenters. The van der Waals surface area contributed by atoms with Crippen molar-refractivity contribution in [1.82, 2.24) is 0 Å². The Bertz CT molecular complexity index is 415. The van der Waals surface area contributed by atoms with Crippen LogP contribution in [0.25, 0.3) is 0 Å². The molecule has 0 radical (unpaired) electrons. The van der Waals surface area contributed by atoms with Crippen LogP contribution in [0.4, 0.5) is 4.39 Å². The van der Waals surface area contributed by atoms with Crippen molar-refractivity contribution >= 4 is 16.9 Å². The normalized spacial score (nSPS) is 13.3. The quantitative estimate of drug-likeness (QED) is 0.475. The van der Waals surface area contributed by atoms with Gasteiger partial charge in [-0.2, -0.15) is 0 Å². The number of halogens is 1. The highest BCUT2D eigenvalue weighted by molar-refractivity contribution is 8.13. The first kappa shape index (κ1) is 15.8. The molecule has 2 N–H and O–H groups in total. The number of ether oxygens (including phenoxy) is 2. The van der Waals surface area contributed by atoms with Gasteiger partial charge in [0, 0.05) is 12.9 Å². The standard InChI is InChI=1S/C13H19FN2O2S/c1-10(9-17-2)16-13(15)19-8-7-18-12-6-4-3-5-11(12)14/h3-6,10H,7-9H2,1-2H3,(H2,15,16)/t10-/m1/s1. The first-order chi connectivity index (χ1) is 9.13. The number of hydrogen-bond acceptors (Lipinski definition) is 4. The van der Waals surface area contributed by atoms with Crippen molar-refractivity contribution < 1.29 is 13.9 Å². The molecule has 0 spiro atoms. The van der Waals surface area contributed by atoms with Crippen LogP contribution in [0.15, 0.2) is 29.3 Å². The van der Waals surface area contributed by atoms with E-state index < -0.39 is 0 Å². The van der Waals surface area contributed by atoms with Gasteiger partial charge in [0.05, 0.1) is 19.3 Å². The smallest absolute Gasteiger partial charge is 0.165 e. The van der Waals surface area contributed by atoms with Crippen molar-refractivity contribution in [2.45, 2.75) is 13.0 Å². The van der Waals surface area contributed by atoms with Crippen LogP contribution < -0.4 is 10.5 Å². The number of nitrogens with two attached hydrogens (primary N) is 1. The van der Waals surface area contributed by atoms with Crippen LogP contribution in [0.5, 0.6) is 5.75 Å². The van der Waals surface area contributed by atoms with Crippen molar-refractivity contribution in [3.63, 3.8) is 0 Å². The van der Waals surface area contributed by atoms with Gasteiger partial charge in [0.15, 0.2) is 16.7 Å². The Morgan fingerprint density at radius 2 is 2.21 bits per heavy atom. The van der Waals surface area contributed by atoms with Gasteiger partial charge in [-0.15, -0.1) is 0 Å². The van der Waals surface area contributed by atoms with Crippen molar-refractivity contribution in [2.75, 3.05) is 26.1 Å². The second-order valence-corrected chi connectivity index (χ2v) is 5.01. The van der Waals surface area contributed by atoms with Crippen molar-refractivity contribution in [3.05, 3.63) is 30.1 Å². The predicted octanol–water partition coefficient (Wildman–Crippen LogP) is 2.29. The van der Waals surface area contributed by atoms with Crippen LogP contribution in [-0.2, 0) is 4.74 Å².